The van der Waals surface area contributed by atoms with Crippen molar-refractivity contribution >= 4 is 27.5 Å². The molecule has 0 saturated carbocycles. The third-order valence-electron chi connectivity index (χ3n) is 2.86. The largest absolute Gasteiger partial charge is 0.477 e. The van der Waals surface area contributed by atoms with Crippen LogP contribution in [0.5, 0.6) is 0 Å². The summed E-state index contributed by atoms with van der Waals surface area (Å²) in [5.74, 6) is -1.21. The van der Waals surface area contributed by atoms with Crippen molar-refractivity contribution in [2.75, 3.05) is 0 Å². The molecule has 2 heterocycles. The Morgan fingerprint density at radius 1 is 1.30 bits per heavy atom. The molecular formula is C14H10N2O3S. The van der Waals surface area contributed by atoms with Gasteiger partial charge in [-0.3, -0.25) is 4.79 Å². The summed E-state index contributed by atoms with van der Waals surface area (Å²) in [5.41, 5.74) is 0.207. The van der Waals surface area contributed by atoms with Crippen LogP contribution in [-0.2, 0) is 6.54 Å². The van der Waals surface area contributed by atoms with Crippen LogP contribution in [0.1, 0.15) is 15.4 Å². The Morgan fingerprint density at radius 2 is 2.10 bits per heavy atom. The summed E-state index contributed by atoms with van der Waals surface area (Å²) in [7, 11) is 0. The Labute approximate surface area is 117 Å². The zero-order valence-electron chi connectivity index (χ0n) is 10.3. The highest BCUT2D eigenvalue weighted by atomic mass is 32.1. The smallest absolute Gasteiger partial charge is 0.341 e. The summed E-state index contributed by atoms with van der Waals surface area (Å²) in [6.07, 6.45) is 2.91. The predicted octanol–water partition coefficient (Wildman–Crippen LogP) is 2.20. The van der Waals surface area contributed by atoms with E-state index in [4.69, 9.17) is 5.11 Å². The van der Waals surface area contributed by atoms with Gasteiger partial charge in [0.1, 0.15) is 10.6 Å². The first-order valence-electron chi connectivity index (χ1n) is 5.91. The normalized spacial score (nSPS) is 10.8. The van der Waals surface area contributed by atoms with Gasteiger partial charge in [-0.1, -0.05) is 12.1 Å². The van der Waals surface area contributed by atoms with Crippen LogP contribution in [0, 0.1) is 0 Å². The van der Waals surface area contributed by atoms with Crippen LogP contribution in [0.4, 0.5) is 0 Å². The molecule has 20 heavy (non-hydrogen) atoms. The van der Waals surface area contributed by atoms with Crippen LogP contribution in [0.3, 0.4) is 0 Å². The van der Waals surface area contributed by atoms with E-state index in [-0.39, 0.29) is 5.56 Å². The number of hydrogen-bond acceptors (Lipinski definition) is 4. The van der Waals surface area contributed by atoms with E-state index in [1.807, 2.05) is 24.3 Å². The van der Waals surface area contributed by atoms with Crippen LogP contribution >= 0.6 is 11.3 Å². The Kier molecular flexibility index (Phi) is 3.08. The molecule has 0 spiro atoms. The number of benzene rings is 1. The number of pyridine rings is 1. The minimum atomic E-state index is -1.21. The van der Waals surface area contributed by atoms with Gasteiger partial charge in [-0.05, 0) is 12.1 Å². The van der Waals surface area contributed by atoms with E-state index in [1.54, 1.807) is 22.1 Å². The first-order chi connectivity index (χ1) is 9.63. The fraction of sp³-hybridized carbons (Fsp3) is 0.0714. The van der Waals surface area contributed by atoms with Gasteiger partial charge < -0.3 is 9.67 Å². The number of thiazole rings is 1. The molecule has 0 radical (unpaired) electrons. The van der Waals surface area contributed by atoms with E-state index in [1.165, 1.54) is 12.3 Å². The van der Waals surface area contributed by atoms with Crippen LogP contribution in [0.25, 0.3) is 10.2 Å². The third kappa shape index (κ3) is 2.33. The Bertz CT molecular complexity index is 818. The van der Waals surface area contributed by atoms with Gasteiger partial charge in [0, 0.05) is 18.5 Å². The SMILES string of the molecule is O=C(O)c1cn(Cc2nc3ccccc3s2)ccc1=O. The van der Waals surface area contributed by atoms with Gasteiger partial charge in [0.2, 0.25) is 0 Å². The molecule has 1 N–H and O–H groups in total. The molecule has 0 amide bonds. The molecule has 0 fully saturated rings. The summed E-state index contributed by atoms with van der Waals surface area (Å²) in [6.45, 7) is 0.444. The minimum absolute atomic E-state index is 0.228. The van der Waals surface area contributed by atoms with E-state index in [0.29, 0.717) is 6.54 Å². The minimum Gasteiger partial charge on any atom is -0.477 e. The maximum absolute atomic E-state index is 11.4. The standard InChI is InChI=1S/C14H10N2O3S/c17-11-5-6-16(7-9(11)14(18)19)8-13-15-10-3-1-2-4-12(10)20-13/h1-7H,8H2,(H,18,19). The maximum Gasteiger partial charge on any atom is 0.341 e. The second kappa shape index (κ2) is 4.90. The van der Waals surface area contributed by atoms with E-state index in [9.17, 15) is 9.59 Å². The summed E-state index contributed by atoms with van der Waals surface area (Å²) < 4.78 is 2.74. The average molecular weight is 286 g/mol. The summed E-state index contributed by atoms with van der Waals surface area (Å²) in [4.78, 5) is 26.8. The molecule has 2 aromatic heterocycles. The fourth-order valence-electron chi connectivity index (χ4n) is 1.93. The lowest BCUT2D eigenvalue weighted by Crippen LogP contribution is -2.16. The molecule has 0 unspecified atom stereocenters. The molecule has 3 rings (SSSR count). The summed E-state index contributed by atoms with van der Waals surface area (Å²) in [5, 5.41) is 9.81. The van der Waals surface area contributed by atoms with E-state index >= 15 is 0 Å². The lowest BCUT2D eigenvalue weighted by atomic mass is 10.3. The quantitative estimate of drug-likeness (QED) is 0.801. The average Bonchev–Trinajstić information content (AvgIpc) is 2.82. The number of rotatable bonds is 3. The summed E-state index contributed by atoms with van der Waals surface area (Å²) >= 11 is 1.55. The number of hydrogen-bond donors (Lipinski definition) is 1. The van der Waals surface area contributed by atoms with Crippen molar-refractivity contribution in [1.29, 1.82) is 0 Å². The number of fused-ring (bicyclic) bond motifs is 1. The Balaban J connectivity index is 1.96. The van der Waals surface area contributed by atoms with Crippen molar-refractivity contribution in [3.8, 4) is 0 Å². The van der Waals surface area contributed by atoms with Crippen LogP contribution < -0.4 is 5.43 Å². The molecule has 1 aromatic carbocycles. The number of carboxylic acid groups (broad SMARTS) is 1. The number of para-hydroxylation sites is 1. The highest BCUT2D eigenvalue weighted by Gasteiger charge is 2.09. The molecule has 0 bridgehead atoms. The van der Waals surface area contributed by atoms with Gasteiger partial charge in [-0.25, -0.2) is 9.78 Å². The third-order valence-corrected chi connectivity index (χ3v) is 3.89. The highest BCUT2D eigenvalue weighted by molar-refractivity contribution is 7.18. The zero-order chi connectivity index (χ0) is 14.1. The number of aromatic nitrogens is 2. The first kappa shape index (κ1) is 12.6. The zero-order valence-corrected chi connectivity index (χ0v) is 11.1. The van der Waals surface area contributed by atoms with Gasteiger partial charge in [0.05, 0.1) is 16.8 Å². The molecule has 0 saturated heterocycles. The second-order valence-corrected chi connectivity index (χ2v) is 5.39. The monoisotopic (exact) mass is 286 g/mol. The number of nitrogens with zero attached hydrogens (tertiary/aromatic N) is 2. The number of carbonyl (C=O) groups is 1. The van der Waals surface area contributed by atoms with E-state index in [0.717, 1.165) is 15.2 Å². The van der Waals surface area contributed by atoms with Crippen LogP contribution in [0.15, 0.2) is 47.5 Å². The Morgan fingerprint density at radius 3 is 2.85 bits per heavy atom. The number of aromatic carboxylic acids is 1. The molecule has 6 heteroatoms. The van der Waals surface area contributed by atoms with Gasteiger partial charge in [-0.15, -0.1) is 11.3 Å². The van der Waals surface area contributed by atoms with Crippen molar-refractivity contribution in [2.45, 2.75) is 6.54 Å². The van der Waals surface area contributed by atoms with Crippen molar-refractivity contribution in [3.63, 3.8) is 0 Å². The molecule has 0 aliphatic rings. The maximum atomic E-state index is 11.4. The topological polar surface area (TPSA) is 72.2 Å². The fourth-order valence-corrected chi connectivity index (χ4v) is 2.90. The molecule has 3 aromatic rings. The molecular weight excluding hydrogens is 276 g/mol. The van der Waals surface area contributed by atoms with E-state index in [2.05, 4.69) is 4.98 Å². The van der Waals surface area contributed by atoms with Crippen LogP contribution in [-0.4, -0.2) is 20.6 Å². The first-order valence-corrected chi connectivity index (χ1v) is 6.73. The van der Waals surface area contributed by atoms with Crippen molar-refractivity contribution in [1.82, 2.24) is 9.55 Å². The molecule has 0 aliphatic heterocycles. The van der Waals surface area contributed by atoms with Gasteiger partial charge >= 0.3 is 5.97 Å². The van der Waals surface area contributed by atoms with Gasteiger partial charge in [0.15, 0.2) is 5.43 Å². The lowest BCUT2D eigenvalue weighted by Gasteiger charge is -2.04. The van der Waals surface area contributed by atoms with Crippen molar-refractivity contribution in [3.05, 3.63) is 63.5 Å². The Hall–Kier alpha value is -2.47. The van der Waals surface area contributed by atoms with Gasteiger partial charge in [0.25, 0.3) is 0 Å². The lowest BCUT2D eigenvalue weighted by molar-refractivity contribution is 0.0694. The van der Waals surface area contributed by atoms with Crippen LogP contribution in [0.2, 0.25) is 0 Å². The molecule has 0 aliphatic carbocycles. The molecule has 5 nitrogen and oxygen atoms in total. The highest BCUT2D eigenvalue weighted by Crippen LogP contribution is 2.22. The van der Waals surface area contributed by atoms with Crippen molar-refractivity contribution < 1.29 is 9.90 Å². The van der Waals surface area contributed by atoms with Gasteiger partial charge in [-0.2, -0.15) is 0 Å². The van der Waals surface area contributed by atoms with Crippen molar-refractivity contribution in [2.24, 2.45) is 0 Å². The predicted molar refractivity (Wildman–Crippen MR) is 76.4 cm³/mol. The summed E-state index contributed by atoms with van der Waals surface area (Å²) in [6, 6.07) is 9.06. The molecule has 100 valence electrons. The molecule has 0 atom stereocenters. The van der Waals surface area contributed by atoms with E-state index < -0.39 is 11.4 Å². The number of carboxylic acids is 1. The second-order valence-electron chi connectivity index (χ2n) is 4.28.